The maximum absolute atomic E-state index is 10.6. The van der Waals surface area contributed by atoms with Crippen LogP contribution in [-0.2, 0) is 10.3 Å². The molecule has 1 aliphatic heterocycles. The first kappa shape index (κ1) is 11.6. The fraction of sp³-hybridized carbons (Fsp3) is 0.462. The molecule has 1 aliphatic carbocycles. The molecule has 0 aromatic heterocycles. The Balaban J connectivity index is 2.16. The summed E-state index contributed by atoms with van der Waals surface area (Å²) in [4.78, 5) is 14.5. The Morgan fingerprint density at radius 3 is 2.78 bits per heavy atom. The van der Waals surface area contributed by atoms with Crippen LogP contribution in [0.4, 0.5) is 0 Å². The van der Waals surface area contributed by atoms with Crippen molar-refractivity contribution in [2.75, 3.05) is 13.2 Å². The number of isocyanates is 1. The lowest BCUT2D eigenvalue weighted by Gasteiger charge is -2.17. The summed E-state index contributed by atoms with van der Waals surface area (Å²) in [6, 6.07) is 3.57. The second-order valence-electron chi connectivity index (χ2n) is 4.53. The molecule has 0 N–H and O–H groups in total. The Morgan fingerprint density at radius 1 is 1.28 bits per heavy atom. The Kier molecular flexibility index (Phi) is 2.77. The predicted molar refractivity (Wildman–Crippen MR) is 66.1 cm³/mol. The highest BCUT2D eigenvalue weighted by molar-refractivity contribution is 6.31. The second kappa shape index (κ2) is 4.30. The van der Waals surface area contributed by atoms with Gasteiger partial charge in [-0.3, -0.25) is 0 Å². The molecule has 1 heterocycles. The number of carbonyl (C=O) groups excluding carboxylic acids is 1. The zero-order valence-electron chi connectivity index (χ0n) is 9.74. The third-order valence-electron chi connectivity index (χ3n) is 3.31. The van der Waals surface area contributed by atoms with Crippen molar-refractivity contribution in [3.05, 3.63) is 22.7 Å². The molecule has 1 saturated carbocycles. The minimum atomic E-state index is -0.544. The zero-order chi connectivity index (χ0) is 12.6. The average Bonchev–Trinajstić information content (AvgIpc) is 3.14. The first-order valence-corrected chi connectivity index (χ1v) is 6.32. The third kappa shape index (κ3) is 1.78. The number of rotatable bonds is 2. The van der Waals surface area contributed by atoms with Crippen molar-refractivity contribution in [3.8, 4) is 11.5 Å². The number of fused-ring (bicyclic) bond motifs is 1. The molecule has 5 heteroatoms. The van der Waals surface area contributed by atoms with Crippen LogP contribution in [0.3, 0.4) is 0 Å². The number of nitrogens with zero attached hydrogens (tertiary/aromatic N) is 1. The van der Waals surface area contributed by atoms with E-state index in [1.807, 2.05) is 0 Å². The lowest BCUT2D eigenvalue weighted by molar-refractivity contribution is 0.295. The van der Waals surface area contributed by atoms with E-state index in [1.165, 1.54) is 0 Å². The van der Waals surface area contributed by atoms with Crippen LogP contribution in [0.25, 0.3) is 0 Å². The van der Waals surface area contributed by atoms with E-state index in [0.29, 0.717) is 29.7 Å². The summed E-state index contributed by atoms with van der Waals surface area (Å²) in [5, 5.41) is 0.566. The Labute approximate surface area is 110 Å². The van der Waals surface area contributed by atoms with Crippen LogP contribution in [0.2, 0.25) is 5.02 Å². The average molecular weight is 266 g/mol. The van der Waals surface area contributed by atoms with Gasteiger partial charge in [0.15, 0.2) is 11.5 Å². The van der Waals surface area contributed by atoms with Gasteiger partial charge in [0.05, 0.1) is 18.2 Å². The lowest BCUT2D eigenvalue weighted by atomic mass is 10.0. The third-order valence-corrected chi connectivity index (χ3v) is 3.63. The first-order valence-electron chi connectivity index (χ1n) is 5.94. The molecule has 0 amide bonds. The maximum atomic E-state index is 10.6. The summed E-state index contributed by atoms with van der Waals surface area (Å²) in [5.41, 5.74) is 0.227. The zero-order valence-corrected chi connectivity index (χ0v) is 10.5. The van der Waals surface area contributed by atoms with Gasteiger partial charge < -0.3 is 9.47 Å². The number of ether oxygens (including phenoxy) is 2. The first-order chi connectivity index (χ1) is 8.77. The topological polar surface area (TPSA) is 47.9 Å². The summed E-state index contributed by atoms with van der Waals surface area (Å²) in [6.45, 7) is 1.21. The van der Waals surface area contributed by atoms with Crippen LogP contribution in [0.5, 0.6) is 11.5 Å². The van der Waals surface area contributed by atoms with Crippen LogP contribution in [0.15, 0.2) is 17.1 Å². The van der Waals surface area contributed by atoms with E-state index in [0.717, 1.165) is 24.8 Å². The normalized spacial score (nSPS) is 19.6. The van der Waals surface area contributed by atoms with Gasteiger partial charge in [0.2, 0.25) is 6.08 Å². The van der Waals surface area contributed by atoms with Crippen LogP contribution in [-0.4, -0.2) is 19.3 Å². The molecule has 94 valence electrons. The summed E-state index contributed by atoms with van der Waals surface area (Å²) >= 11 is 6.25. The largest absolute Gasteiger partial charge is 0.490 e. The van der Waals surface area contributed by atoms with Gasteiger partial charge in [0, 0.05) is 12.0 Å². The van der Waals surface area contributed by atoms with E-state index in [1.54, 1.807) is 18.2 Å². The smallest absolute Gasteiger partial charge is 0.235 e. The standard InChI is InChI=1S/C13H12ClNO3/c14-9-2-3-10-12(18-7-1-6-17-10)11(9)13(4-5-13)15-8-16/h2-3H,1,4-7H2. The SMILES string of the molecule is O=C=NC1(c2c(Cl)ccc3c2OCCCO3)CC1. The summed E-state index contributed by atoms with van der Waals surface area (Å²) in [5.74, 6) is 1.32. The van der Waals surface area contributed by atoms with Crippen molar-refractivity contribution in [3.63, 3.8) is 0 Å². The van der Waals surface area contributed by atoms with Crippen LogP contribution in [0, 0.1) is 0 Å². The number of hydrogen-bond acceptors (Lipinski definition) is 4. The van der Waals surface area contributed by atoms with E-state index in [9.17, 15) is 4.79 Å². The fourth-order valence-electron chi connectivity index (χ4n) is 2.27. The molecule has 3 rings (SSSR count). The monoisotopic (exact) mass is 265 g/mol. The summed E-state index contributed by atoms with van der Waals surface area (Å²) < 4.78 is 11.4. The highest BCUT2D eigenvalue weighted by Gasteiger charge is 2.49. The predicted octanol–water partition coefficient (Wildman–Crippen LogP) is 2.83. The molecule has 1 fully saturated rings. The van der Waals surface area contributed by atoms with E-state index >= 15 is 0 Å². The van der Waals surface area contributed by atoms with Gasteiger partial charge in [-0.1, -0.05) is 11.6 Å². The van der Waals surface area contributed by atoms with Crippen molar-refractivity contribution < 1.29 is 14.3 Å². The number of aliphatic imine (C=N–C) groups is 1. The van der Waals surface area contributed by atoms with E-state index in [4.69, 9.17) is 21.1 Å². The molecule has 0 radical (unpaired) electrons. The molecule has 0 atom stereocenters. The van der Waals surface area contributed by atoms with Crippen LogP contribution in [0.1, 0.15) is 24.8 Å². The summed E-state index contributed by atoms with van der Waals surface area (Å²) in [7, 11) is 0. The molecule has 2 aliphatic rings. The second-order valence-corrected chi connectivity index (χ2v) is 4.94. The van der Waals surface area contributed by atoms with Crippen molar-refractivity contribution in [1.29, 1.82) is 0 Å². The van der Waals surface area contributed by atoms with Crippen molar-refractivity contribution in [1.82, 2.24) is 0 Å². The maximum Gasteiger partial charge on any atom is 0.235 e. The van der Waals surface area contributed by atoms with Crippen LogP contribution < -0.4 is 9.47 Å². The number of benzene rings is 1. The molecule has 0 bridgehead atoms. The Hall–Kier alpha value is -1.51. The van der Waals surface area contributed by atoms with Gasteiger partial charge in [-0.15, -0.1) is 0 Å². The van der Waals surface area contributed by atoms with Crippen LogP contribution >= 0.6 is 11.6 Å². The highest BCUT2D eigenvalue weighted by atomic mass is 35.5. The van der Waals surface area contributed by atoms with E-state index in [2.05, 4.69) is 4.99 Å². The minimum absolute atomic E-state index is 0.544. The van der Waals surface area contributed by atoms with Gasteiger partial charge in [-0.2, -0.15) is 4.99 Å². The molecular weight excluding hydrogens is 254 g/mol. The molecule has 4 nitrogen and oxygen atoms in total. The Bertz CT molecular complexity index is 533. The lowest BCUT2D eigenvalue weighted by Crippen LogP contribution is -2.08. The van der Waals surface area contributed by atoms with Gasteiger partial charge in [-0.25, -0.2) is 4.79 Å². The minimum Gasteiger partial charge on any atom is -0.490 e. The van der Waals surface area contributed by atoms with Gasteiger partial charge in [0.25, 0.3) is 0 Å². The number of halogens is 1. The number of hydrogen-bond donors (Lipinski definition) is 0. The summed E-state index contributed by atoms with van der Waals surface area (Å²) in [6.07, 6.45) is 4.05. The molecular formula is C13H12ClNO3. The molecule has 18 heavy (non-hydrogen) atoms. The van der Waals surface area contributed by atoms with Crippen molar-refractivity contribution in [2.24, 2.45) is 4.99 Å². The fourth-order valence-corrected chi connectivity index (χ4v) is 2.59. The molecule has 0 unspecified atom stereocenters. The molecule has 1 aromatic carbocycles. The molecule has 0 spiro atoms. The quantitative estimate of drug-likeness (QED) is 0.610. The van der Waals surface area contributed by atoms with E-state index in [-0.39, 0.29) is 0 Å². The molecule has 0 saturated heterocycles. The highest BCUT2D eigenvalue weighted by Crippen LogP contribution is 2.56. The molecule has 1 aromatic rings. The van der Waals surface area contributed by atoms with E-state index < -0.39 is 5.54 Å². The van der Waals surface area contributed by atoms with Gasteiger partial charge >= 0.3 is 0 Å². The van der Waals surface area contributed by atoms with Crippen molar-refractivity contribution in [2.45, 2.75) is 24.8 Å². The van der Waals surface area contributed by atoms with Gasteiger partial charge in [0.1, 0.15) is 5.54 Å². The Morgan fingerprint density at radius 2 is 2.06 bits per heavy atom. The van der Waals surface area contributed by atoms with Crippen molar-refractivity contribution >= 4 is 17.7 Å². The van der Waals surface area contributed by atoms with Gasteiger partial charge in [-0.05, 0) is 25.0 Å².